The first kappa shape index (κ1) is 12.4. The summed E-state index contributed by atoms with van der Waals surface area (Å²) in [5.74, 6) is 1.08. The second-order valence-electron chi connectivity index (χ2n) is 3.82. The van der Waals surface area contributed by atoms with E-state index in [0.717, 1.165) is 35.8 Å². The fourth-order valence-electron chi connectivity index (χ4n) is 1.29. The third-order valence-electron chi connectivity index (χ3n) is 2.23. The van der Waals surface area contributed by atoms with Crippen LogP contribution in [-0.4, -0.2) is 6.61 Å². The van der Waals surface area contributed by atoms with E-state index in [1.807, 2.05) is 25.1 Å². The van der Waals surface area contributed by atoms with Crippen LogP contribution in [-0.2, 0) is 0 Å². The molecule has 1 radical (unpaired) electrons. The fourth-order valence-corrected chi connectivity index (χ4v) is 1.52. The summed E-state index contributed by atoms with van der Waals surface area (Å²) >= 11 is 6.00. The molecule has 0 aromatic heterocycles. The van der Waals surface area contributed by atoms with Crippen LogP contribution in [0.25, 0.3) is 0 Å². The molecular weight excluding hydrogens is 208 g/mol. The first-order valence-corrected chi connectivity index (χ1v) is 5.77. The van der Waals surface area contributed by atoms with Crippen molar-refractivity contribution < 1.29 is 4.74 Å². The van der Waals surface area contributed by atoms with Gasteiger partial charge in [-0.15, -0.1) is 0 Å². The smallest absolute Gasteiger partial charge is 0.121 e. The van der Waals surface area contributed by atoms with E-state index in [2.05, 4.69) is 13.8 Å². The summed E-state index contributed by atoms with van der Waals surface area (Å²) in [6.45, 7) is 8.91. The summed E-state index contributed by atoms with van der Waals surface area (Å²) in [7, 11) is 0. The molecule has 0 amide bonds. The zero-order valence-electron chi connectivity index (χ0n) is 9.42. The van der Waals surface area contributed by atoms with Crippen molar-refractivity contribution in [3.05, 3.63) is 35.7 Å². The second-order valence-corrected chi connectivity index (χ2v) is 4.26. The zero-order chi connectivity index (χ0) is 11.3. The van der Waals surface area contributed by atoms with E-state index in [0.29, 0.717) is 0 Å². The highest BCUT2D eigenvalue weighted by Crippen LogP contribution is 2.25. The third-order valence-corrected chi connectivity index (χ3v) is 2.45. The van der Waals surface area contributed by atoms with Crippen molar-refractivity contribution in [2.75, 3.05) is 6.61 Å². The third kappa shape index (κ3) is 4.13. The Bertz CT molecular complexity index is 307. The van der Waals surface area contributed by atoms with E-state index in [-0.39, 0.29) is 5.92 Å². The van der Waals surface area contributed by atoms with E-state index < -0.39 is 0 Å². The van der Waals surface area contributed by atoms with Crippen LogP contribution in [0.4, 0.5) is 0 Å². The predicted molar refractivity (Wildman–Crippen MR) is 65.6 cm³/mol. The van der Waals surface area contributed by atoms with Crippen LogP contribution in [0.3, 0.4) is 0 Å². The molecule has 0 saturated heterocycles. The maximum Gasteiger partial charge on any atom is 0.121 e. The van der Waals surface area contributed by atoms with Gasteiger partial charge in [0.1, 0.15) is 5.75 Å². The van der Waals surface area contributed by atoms with Gasteiger partial charge in [0.15, 0.2) is 0 Å². The number of ether oxygens (including phenoxy) is 1. The fraction of sp³-hybridized carbons (Fsp3) is 0.462. The standard InChI is InChI=1S/C13H18ClO/c1-4-5-6-15-13-8-11(10(2)3)7-12(14)9-13/h7-10H,2,4-6H2,1,3H3. The average molecular weight is 226 g/mol. The minimum atomic E-state index is 0.234. The minimum absolute atomic E-state index is 0.234. The van der Waals surface area contributed by atoms with Gasteiger partial charge < -0.3 is 4.74 Å². The SMILES string of the molecule is [CH2]C(C)c1cc(Cl)cc(OCCCC)c1. The summed E-state index contributed by atoms with van der Waals surface area (Å²) in [5.41, 5.74) is 1.12. The molecule has 0 spiro atoms. The summed E-state index contributed by atoms with van der Waals surface area (Å²) in [4.78, 5) is 0. The van der Waals surface area contributed by atoms with Gasteiger partial charge in [0, 0.05) is 5.02 Å². The lowest BCUT2D eigenvalue weighted by molar-refractivity contribution is 0.309. The van der Waals surface area contributed by atoms with Gasteiger partial charge in [0.2, 0.25) is 0 Å². The molecule has 0 bridgehead atoms. The summed E-state index contributed by atoms with van der Waals surface area (Å²) in [5, 5.41) is 0.717. The molecule has 0 heterocycles. The van der Waals surface area contributed by atoms with Crippen molar-refractivity contribution in [3.63, 3.8) is 0 Å². The van der Waals surface area contributed by atoms with Crippen LogP contribution in [0.1, 0.15) is 38.2 Å². The Morgan fingerprint density at radius 1 is 1.40 bits per heavy atom. The Labute approximate surface area is 97.4 Å². The highest BCUT2D eigenvalue weighted by molar-refractivity contribution is 6.30. The van der Waals surface area contributed by atoms with E-state index >= 15 is 0 Å². The predicted octanol–water partition coefficient (Wildman–Crippen LogP) is 4.46. The van der Waals surface area contributed by atoms with E-state index in [9.17, 15) is 0 Å². The van der Waals surface area contributed by atoms with Gasteiger partial charge >= 0.3 is 0 Å². The minimum Gasteiger partial charge on any atom is -0.494 e. The van der Waals surface area contributed by atoms with Crippen molar-refractivity contribution in [1.82, 2.24) is 0 Å². The molecular formula is C13H18ClO. The van der Waals surface area contributed by atoms with Crippen LogP contribution in [0.5, 0.6) is 5.75 Å². The van der Waals surface area contributed by atoms with Crippen LogP contribution in [0, 0.1) is 6.92 Å². The van der Waals surface area contributed by atoms with E-state index in [1.165, 1.54) is 0 Å². The normalized spacial score (nSPS) is 10.7. The molecule has 0 aliphatic rings. The molecule has 83 valence electrons. The highest BCUT2D eigenvalue weighted by Gasteiger charge is 2.04. The van der Waals surface area contributed by atoms with Crippen LogP contribution >= 0.6 is 11.6 Å². The summed E-state index contributed by atoms with van der Waals surface area (Å²) in [6, 6.07) is 5.80. The van der Waals surface area contributed by atoms with E-state index in [1.54, 1.807) is 0 Å². The van der Waals surface area contributed by atoms with Gasteiger partial charge in [-0.05, 0) is 43.0 Å². The molecule has 1 nitrogen and oxygen atoms in total. The molecule has 1 aromatic rings. The molecule has 0 aliphatic carbocycles. The summed E-state index contributed by atoms with van der Waals surface area (Å²) in [6.07, 6.45) is 2.21. The lowest BCUT2D eigenvalue weighted by atomic mass is 10.0. The van der Waals surface area contributed by atoms with Crippen LogP contribution < -0.4 is 4.74 Å². The maximum absolute atomic E-state index is 6.00. The largest absolute Gasteiger partial charge is 0.494 e. The summed E-state index contributed by atoms with van der Waals surface area (Å²) < 4.78 is 5.61. The molecule has 0 saturated carbocycles. The Hall–Kier alpha value is -0.690. The molecule has 0 aliphatic heterocycles. The number of hydrogen-bond acceptors (Lipinski definition) is 1. The van der Waals surface area contributed by atoms with Crippen molar-refractivity contribution in [2.45, 2.75) is 32.6 Å². The Balaban J connectivity index is 2.71. The molecule has 1 unspecified atom stereocenters. The number of hydrogen-bond donors (Lipinski definition) is 0. The number of rotatable bonds is 5. The Kier molecular flexibility index (Phi) is 4.97. The molecule has 1 aromatic carbocycles. The monoisotopic (exact) mass is 225 g/mol. The second kappa shape index (κ2) is 6.02. The molecule has 0 fully saturated rings. The van der Waals surface area contributed by atoms with Crippen molar-refractivity contribution in [2.24, 2.45) is 0 Å². The number of unbranched alkanes of at least 4 members (excludes halogenated alkanes) is 1. The van der Waals surface area contributed by atoms with Gasteiger partial charge in [-0.2, -0.15) is 0 Å². The topological polar surface area (TPSA) is 9.23 Å². The number of halogens is 1. The highest BCUT2D eigenvalue weighted by atomic mass is 35.5. The molecule has 15 heavy (non-hydrogen) atoms. The van der Waals surface area contributed by atoms with Gasteiger partial charge in [-0.25, -0.2) is 0 Å². The van der Waals surface area contributed by atoms with Gasteiger partial charge in [-0.3, -0.25) is 0 Å². The van der Waals surface area contributed by atoms with Gasteiger partial charge in [-0.1, -0.05) is 31.9 Å². The molecule has 2 heteroatoms. The van der Waals surface area contributed by atoms with Crippen molar-refractivity contribution >= 4 is 11.6 Å². The Morgan fingerprint density at radius 3 is 2.73 bits per heavy atom. The lowest BCUT2D eigenvalue weighted by Crippen LogP contribution is -1.97. The lowest BCUT2D eigenvalue weighted by Gasteiger charge is -2.10. The van der Waals surface area contributed by atoms with E-state index in [4.69, 9.17) is 16.3 Å². The van der Waals surface area contributed by atoms with Crippen LogP contribution in [0.2, 0.25) is 5.02 Å². The maximum atomic E-state index is 6.00. The number of benzene rings is 1. The quantitative estimate of drug-likeness (QED) is 0.673. The molecule has 1 atom stereocenters. The Morgan fingerprint density at radius 2 is 2.13 bits per heavy atom. The zero-order valence-corrected chi connectivity index (χ0v) is 10.2. The first-order valence-electron chi connectivity index (χ1n) is 5.40. The van der Waals surface area contributed by atoms with Gasteiger partial charge in [0.25, 0.3) is 0 Å². The van der Waals surface area contributed by atoms with Crippen molar-refractivity contribution in [3.8, 4) is 5.75 Å². The average Bonchev–Trinajstić information content (AvgIpc) is 2.17. The first-order chi connectivity index (χ1) is 7.13. The molecule has 0 N–H and O–H groups in total. The van der Waals surface area contributed by atoms with Gasteiger partial charge in [0.05, 0.1) is 6.61 Å². The van der Waals surface area contributed by atoms with Crippen molar-refractivity contribution in [1.29, 1.82) is 0 Å². The molecule has 1 rings (SSSR count). The van der Waals surface area contributed by atoms with Crippen LogP contribution in [0.15, 0.2) is 18.2 Å².